The van der Waals surface area contributed by atoms with Crippen LogP contribution in [0, 0.1) is 0 Å². The molecule has 0 bridgehead atoms. The topological polar surface area (TPSA) is 17.1 Å². The highest BCUT2D eigenvalue weighted by Crippen LogP contribution is 1.96. The molecule has 0 unspecified atom stereocenters. The summed E-state index contributed by atoms with van der Waals surface area (Å²) >= 11 is 1.55. The van der Waals surface area contributed by atoms with E-state index in [1.165, 1.54) is 0 Å². The van der Waals surface area contributed by atoms with Crippen LogP contribution in [0.2, 0.25) is 0 Å². The number of carbonyl (C=O) groups is 1. The van der Waals surface area contributed by atoms with Crippen molar-refractivity contribution in [1.29, 1.82) is 0 Å². The fourth-order valence-electron chi connectivity index (χ4n) is 0.195. The van der Waals surface area contributed by atoms with Crippen molar-refractivity contribution >= 4 is 18.0 Å². The summed E-state index contributed by atoms with van der Waals surface area (Å²) in [5.41, 5.74) is 0.513. The van der Waals surface area contributed by atoms with Crippen LogP contribution in [0.5, 0.6) is 0 Å². The molecular formula is C6H8OS. The van der Waals surface area contributed by atoms with Gasteiger partial charge >= 0.3 is 0 Å². The fourth-order valence-corrected chi connectivity index (χ4v) is 0.506. The van der Waals surface area contributed by atoms with E-state index in [0.29, 0.717) is 5.57 Å². The summed E-state index contributed by atoms with van der Waals surface area (Å²) in [7, 11) is 0. The molecule has 0 aliphatic heterocycles. The third-order valence-electron chi connectivity index (χ3n) is 0.570. The number of allylic oxidation sites excluding steroid dienone is 2. The van der Waals surface area contributed by atoms with E-state index in [1.54, 1.807) is 17.8 Å². The lowest BCUT2D eigenvalue weighted by Gasteiger charge is -1.79. The highest BCUT2D eigenvalue weighted by Gasteiger charge is 1.76. The van der Waals surface area contributed by atoms with Gasteiger partial charge in [-0.2, -0.15) is 0 Å². The minimum Gasteiger partial charge on any atom is -0.298 e. The molecule has 0 saturated carbocycles. The van der Waals surface area contributed by atoms with Gasteiger partial charge in [0.15, 0.2) is 0 Å². The summed E-state index contributed by atoms with van der Waals surface area (Å²) in [5, 5.41) is 1.82. The minimum absolute atomic E-state index is 0.513. The summed E-state index contributed by atoms with van der Waals surface area (Å²) < 4.78 is 0. The minimum atomic E-state index is 0.513. The first kappa shape index (κ1) is 7.50. The van der Waals surface area contributed by atoms with Crippen LogP contribution in [-0.4, -0.2) is 12.5 Å². The number of hydrogen-bond donors (Lipinski definition) is 0. The summed E-state index contributed by atoms with van der Waals surface area (Å²) in [4.78, 5) is 9.85. The van der Waals surface area contributed by atoms with Crippen LogP contribution in [0.15, 0.2) is 23.6 Å². The van der Waals surface area contributed by atoms with Gasteiger partial charge in [0.05, 0.1) is 0 Å². The Hall–Kier alpha value is -0.500. The van der Waals surface area contributed by atoms with Gasteiger partial charge < -0.3 is 0 Å². The second kappa shape index (κ2) is 4.65. The van der Waals surface area contributed by atoms with Gasteiger partial charge in [0.25, 0.3) is 0 Å². The maximum Gasteiger partial charge on any atom is 0.149 e. The first-order valence-electron chi connectivity index (χ1n) is 2.14. The van der Waals surface area contributed by atoms with Crippen molar-refractivity contribution in [3.8, 4) is 0 Å². The van der Waals surface area contributed by atoms with Gasteiger partial charge in [0.1, 0.15) is 6.29 Å². The quantitative estimate of drug-likeness (QED) is 0.326. The van der Waals surface area contributed by atoms with E-state index in [1.807, 2.05) is 11.7 Å². The van der Waals surface area contributed by atoms with E-state index in [4.69, 9.17) is 0 Å². The van der Waals surface area contributed by atoms with Gasteiger partial charge in [0.2, 0.25) is 0 Å². The Morgan fingerprint density at radius 1 is 1.75 bits per heavy atom. The van der Waals surface area contributed by atoms with Crippen molar-refractivity contribution in [3.63, 3.8) is 0 Å². The molecule has 0 aromatic carbocycles. The Balaban J connectivity index is 3.52. The molecule has 8 heavy (non-hydrogen) atoms. The molecule has 0 spiro atoms. The molecule has 0 aromatic heterocycles. The van der Waals surface area contributed by atoms with Gasteiger partial charge in [-0.05, 0) is 17.7 Å². The summed E-state index contributed by atoms with van der Waals surface area (Å²) in [6, 6.07) is 0. The second-order valence-electron chi connectivity index (χ2n) is 1.23. The molecule has 0 saturated heterocycles. The standard InChI is InChI=1S/C6H8OS/c1-6(5-7)3-4-8-2/h3-5H,1H2,2H3/b4-3-. The van der Waals surface area contributed by atoms with Crippen molar-refractivity contribution < 1.29 is 4.79 Å². The number of rotatable bonds is 3. The monoisotopic (exact) mass is 128 g/mol. The molecule has 0 fully saturated rings. The molecule has 0 N–H and O–H groups in total. The van der Waals surface area contributed by atoms with E-state index in [9.17, 15) is 4.79 Å². The van der Waals surface area contributed by atoms with Crippen molar-refractivity contribution in [2.75, 3.05) is 6.26 Å². The molecule has 1 nitrogen and oxygen atoms in total. The van der Waals surface area contributed by atoms with Crippen LogP contribution < -0.4 is 0 Å². The summed E-state index contributed by atoms with van der Waals surface area (Å²) in [6.45, 7) is 3.44. The average Bonchev–Trinajstić information content (AvgIpc) is 1.83. The predicted molar refractivity (Wildman–Crippen MR) is 37.9 cm³/mol. The molecule has 0 rings (SSSR count). The van der Waals surface area contributed by atoms with E-state index in [0.717, 1.165) is 6.29 Å². The molecule has 0 amide bonds. The second-order valence-corrected chi connectivity index (χ2v) is 1.97. The van der Waals surface area contributed by atoms with Crippen LogP contribution >= 0.6 is 11.8 Å². The molecule has 0 aliphatic carbocycles. The Kier molecular flexibility index (Phi) is 4.36. The maximum absolute atomic E-state index is 9.85. The Bertz CT molecular complexity index is 116. The zero-order chi connectivity index (χ0) is 6.41. The first-order chi connectivity index (χ1) is 3.81. The van der Waals surface area contributed by atoms with E-state index >= 15 is 0 Å². The number of aldehydes is 1. The summed E-state index contributed by atoms with van der Waals surface area (Å²) in [6.07, 6.45) is 4.33. The van der Waals surface area contributed by atoms with Gasteiger partial charge in [-0.3, -0.25) is 4.79 Å². The third-order valence-corrected chi connectivity index (χ3v) is 0.978. The molecule has 0 aliphatic rings. The zero-order valence-corrected chi connectivity index (χ0v) is 5.57. The predicted octanol–water partition coefficient (Wildman–Crippen LogP) is 1.62. The molecule has 0 aromatic rings. The van der Waals surface area contributed by atoms with Crippen molar-refractivity contribution in [2.45, 2.75) is 0 Å². The molecule has 44 valence electrons. The Labute approximate surface area is 53.5 Å². The highest BCUT2D eigenvalue weighted by atomic mass is 32.2. The van der Waals surface area contributed by atoms with Crippen molar-refractivity contribution in [3.05, 3.63) is 23.6 Å². The lowest BCUT2D eigenvalue weighted by molar-refractivity contribution is -0.104. The fraction of sp³-hybridized carbons (Fsp3) is 0.167. The molecule has 0 atom stereocenters. The number of carbonyl (C=O) groups excluding carboxylic acids is 1. The van der Waals surface area contributed by atoms with Gasteiger partial charge in [-0.25, -0.2) is 0 Å². The molecule has 0 radical (unpaired) electrons. The van der Waals surface area contributed by atoms with Crippen LogP contribution in [0.1, 0.15) is 0 Å². The highest BCUT2D eigenvalue weighted by molar-refractivity contribution is 8.01. The smallest absolute Gasteiger partial charge is 0.149 e. The molecule has 0 heterocycles. The van der Waals surface area contributed by atoms with Gasteiger partial charge in [0, 0.05) is 5.57 Å². The van der Waals surface area contributed by atoms with E-state index in [2.05, 4.69) is 6.58 Å². The SMILES string of the molecule is C=C(C=O)/C=C\SC. The average molecular weight is 128 g/mol. The van der Waals surface area contributed by atoms with Crippen LogP contribution in [0.3, 0.4) is 0 Å². The largest absolute Gasteiger partial charge is 0.298 e. The van der Waals surface area contributed by atoms with Gasteiger partial charge in [-0.1, -0.05) is 6.58 Å². The van der Waals surface area contributed by atoms with E-state index in [-0.39, 0.29) is 0 Å². The lowest BCUT2D eigenvalue weighted by atomic mass is 10.3. The number of thioether (sulfide) groups is 1. The normalized spacial score (nSPS) is 9.62. The van der Waals surface area contributed by atoms with Crippen molar-refractivity contribution in [2.24, 2.45) is 0 Å². The van der Waals surface area contributed by atoms with Crippen molar-refractivity contribution in [1.82, 2.24) is 0 Å². The summed E-state index contributed by atoms with van der Waals surface area (Å²) in [5.74, 6) is 0. The lowest BCUT2D eigenvalue weighted by Crippen LogP contribution is -1.70. The zero-order valence-electron chi connectivity index (χ0n) is 4.76. The van der Waals surface area contributed by atoms with Gasteiger partial charge in [-0.15, -0.1) is 11.8 Å². The van der Waals surface area contributed by atoms with Crippen LogP contribution in [0.25, 0.3) is 0 Å². The number of hydrogen-bond acceptors (Lipinski definition) is 2. The Morgan fingerprint density at radius 2 is 2.38 bits per heavy atom. The first-order valence-corrected chi connectivity index (χ1v) is 3.43. The maximum atomic E-state index is 9.85. The Morgan fingerprint density at radius 3 is 2.75 bits per heavy atom. The van der Waals surface area contributed by atoms with E-state index < -0.39 is 0 Å². The van der Waals surface area contributed by atoms with Crippen LogP contribution in [-0.2, 0) is 4.79 Å². The molecule has 2 heteroatoms. The molecular weight excluding hydrogens is 120 g/mol. The third kappa shape index (κ3) is 3.68. The van der Waals surface area contributed by atoms with Crippen LogP contribution in [0.4, 0.5) is 0 Å².